The first-order valence-electron chi connectivity index (χ1n) is 13.6. The SMILES string of the molecule is COc1ccc(CNc2ccc3[nH]c([C@@H]4O[C@@](C)(C(F)(F)F)[C@@H](C)[C@H]4c4ccc(F)c(F)c4OC)cc(=O)c3n2)c(OC)c1. The lowest BCUT2D eigenvalue weighted by molar-refractivity contribution is -0.275. The minimum Gasteiger partial charge on any atom is -0.497 e. The summed E-state index contributed by atoms with van der Waals surface area (Å²) in [5, 5.41) is 3.13. The highest BCUT2D eigenvalue weighted by Gasteiger charge is 2.65. The third-order valence-electron chi connectivity index (χ3n) is 8.27. The van der Waals surface area contributed by atoms with Crippen LogP contribution in [0.5, 0.6) is 17.2 Å². The number of nitrogens with one attached hydrogen (secondary N) is 2. The minimum absolute atomic E-state index is 0.0181. The number of halogens is 5. The molecule has 0 amide bonds. The molecule has 4 aromatic rings. The monoisotopic (exact) mass is 619 g/mol. The van der Waals surface area contributed by atoms with Gasteiger partial charge in [-0.15, -0.1) is 0 Å². The zero-order valence-electron chi connectivity index (χ0n) is 24.4. The lowest BCUT2D eigenvalue weighted by Crippen LogP contribution is -2.46. The quantitative estimate of drug-likeness (QED) is 0.213. The Bertz CT molecular complexity index is 1760. The van der Waals surface area contributed by atoms with E-state index in [0.29, 0.717) is 23.9 Å². The summed E-state index contributed by atoms with van der Waals surface area (Å²) >= 11 is 0. The maximum absolute atomic E-state index is 14.7. The molecule has 0 saturated carbocycles. The minimum atomic E-state index is -4.82. The molecule has 0 unspecified atom stereocenters. The van der Waals surface area contributed by atoms with Gasteiger partial charge in [0.2, 0.25) is 11.2 Å². The number of hydrogen-bond donors (Lipinski definition) is 2. The zero-order valence-corrected chi connectivity index (χ0v) is 24.4. The smallest absolute Gasteiger partial charge is 0.417 e. The third-order valence-corrected chi connectivity index (χ3v) is 8.27. The Labute approximate surface area is 249 Å². The molecule has 1 fully saturated rings. The van der Waals surface area contributed by atoms with Crippen molar-refractivity contribution >= 4 is 16.9 Å². The number of nitrogens with zero attached hydrogens (tertiary/aromatic N) is 1. The lowest BCUT2D eigenvalue weighted by Gasteiger charge is -2.32. The Balaban J connectivity index is 1.53. The first kappa shape index (κ1) is 31.0. The van der Waals surface area contributed by atoms with Crippen molar-refractivity contribution in [2.45, 2.75) is 44.2 Å². The van der Waals surface area contributed by atoms with Gasteiger partial charge < -0.3 is 29.2 Å². The van der Waals surface area contributed by atoms with Crippen LogP contribution in [-0.2, 0) is 11.3 Å². The summed E-state index contributed by atoms with van der Waals surface area (Å²) < 4.78 is 93.2. The van der Waals surface area contributed by atoms with E-state index in [0.717, 1.165) is 31.7 Å². The summed E-state index contributed by atoms with van der Waals surface area (Å²) in [4.78, 5) is 20.7. The topological polar surface area (TPSA) is 94.7 Å². The molecule has 0 spiro atoms. The van der Waals surface area contributed by atoms with Crippen molar-refractivity contribution in [1.82, 2.24) is 9.97 Å². The van der Waals surface area contributed by atoms with Gasteiger partial charge in [0.1, 0.15) is 28.9 Å². The van der Waals surface area contributed by atoms with Crippen molar-refractivity contribution in [2.75, 3.05) is 26.6 Å². The normalized spacial score (nSPS) is 21.8. The molecule has 2 N–H and O–H groups in total. The van der Waals surface area contributed by atoms with Crippen molar-refractivity contribution < 1.29 is 40.9 Å². The highest BCUT2D eigenvalue weighted by molar-refractivity contribution is 5.76. The third kappa shape index (κ3) is 5.29. The largest absolute Gasteiger partial charge is 0.497 e. The van der Waals surface area contributed by atoms with Gasteiger partial charge in [-0.1, -0.05) is 13.0 Å². The maximum atomic E-state index is 14.7. The van der Waals surface area contributed by atoms with Crippen LogP contribution in [-0.4, -0.2) is 43.1 Å². The van der Waals surface area contributed by atoms with Crippen LogP contribution < -0.4 is 25.0 Å². The van der Waals surface area contributed by atoms with E-state index in [1.165, 1.54) is 20.1 Å². The van der Waals surface area contributed by atoms with Gasteiger partial charge in [-0.25, -0.2) is 9.37 Å². The number of rotatable bonds is 8. The van der Waals surface area contributed by atoms with Crippen LogP contribution in [0.3, 0.4) is 0 Å². The average Bonchev–Trinajstić information content (AvgIpc) is 3.28. The summed E-state index contributed by atoms with van der Waals surface area (Å²) in [5.41, 5.74) is -2.18. The molecule has 1 aliphatic heterocycles. The van der Waals surface area contributed by atoms with Crippen LogP contribution in [0.25, 0.3) is 11.0 Å². The first-order valence-corrected chi connectivity index (χ1v) is 13.6. The predicted molar refractivity (Wildman–Crippen MR) is 152 cm³/mol. The Morgan fingerprint density at radius 1 is 1.02 bits per heavy atom. The molecule has 5 rings (SSSR count). The molecular weight excluding hydrogens is 589 g/mol. The molecule has 44 heavy (non-hydrogen) atoms. The number of methoxy groups -OCH3 is 3. The van der Waals surface area contributed by atoms with Crippen molar-refractivity contribution in [2.24, 2.45) is 5.92 Å². The van der Waals surface area contributed by atoms with Gasteiger partial charge in [0.25, 0.3) is 0 Å². The number of ether oxygens (including phenoxy) is 4. The number of benzene rings is 2. The second kappa shape index (κ2) is 11.6. The van der Waals surface area contributed by atoms with E-state index in [9.17, 15) is 26.7 Å². The Morgan fingerprint density at radius 3 is 2.43 bits per heavy atom. The molecular formula is C31H30F5N3O5. The zero-order chi connectivity index (χ0) is 32.0. The summed E-state index contributed by atoms with van der Waals surface area (Å²) in [6, 6.07) is 11.6. The summed E-state index contributed by atoms with van der Waals surface area (Å²) in [6.45, 7) is 2.52. The molecule has 2 aromatic heterocycles. The van der Waals surface area contributed by atoms with E-state index in [1.807, 2.05) is 6.07 Å². The number of pyridine rings is 2. The highest BCUT2D eigenvalue weighted by Crippen LogP contribution is 2.59. The van der Waals surface area contributed by atoms with Crippen LogP contribution in [0, 0.1) is 17.6 Å². The fraction of sp³-hybridized carbons (Fsp3) is 0.355. The molecule has 4 atom stereocenters. The molecule has 1 aliphatic rings. The van der Waals surface area contributed by atoms with Gasteiger partial charge in [-0.05, 0) is 37.3 Å². The number of alkyl halides is 3. The van der Waals surface area contributed by atoms with Gasteiger partial charge in [-0.2, -0.15) is 17.6 Å². The first-order chi connectivity index (χ1) is 20.8. The molecule has 1 saturated heterocycles. The van der Waals surface area contributed by atoms with Crippen LogP contribution in [0.4, 0.5) is 27.8 Å². The van der Waals surface area contributed by atoms with Gasteiger partial charge in [0.15, 0.2) is 17.2 Å². The standard InChI is InChI=1S/C31H30F5N3O5/c1-15-25(18-8-9-19(32)26(33)28(18)43-5)29(44-30(15,2)31(34,35)36)21-13-22(40)27-20(38-21)10-11-24(39-27)37-14-16-6-7-17(41-3)12-23(16)42-4/h6-13,15,25,29H,14H2,1-5H3,(H,37,39)(H,38,40)/t15-,25-,29-,30+/m0/s1. The summed E-state index contributed by atoms with van der Waals surface area (Å²) in [5.74, 6) is -3.96. The van der Waals surface area contributed by atoms with Crippen molar-refractivity contribution in [3.8, 4) is 17.2 Å². The second-order valence-corrected chi connectivity index (χ2v) is 10.7. The molecule has 2 aromatic carbocycles. The molecule has 8 nitrogen and oxygen atoms in total. The maximum Gasteiger partial charge on any atom is 0.417 e. The lowest BCUT2D eigenvalue weighted by atomic mass is 9.76. The predicted octanol–water partition coefficient (Wildman–Crippen LogP) is 6.65. The van der Waals surface area contributed by atoms with Crippen LogP contribution in [0.15, 0.2) is 53.3 Å². The molecule has 234 valence electrons. The van der Waals surface area contributed by atoms with E-state index >= 15 is 0 Å². The second-order valence-electron chi connectivity index (χ2n) is 10.7. The van der Waals surface area contributed by atoms with Gasteiger partial charge >= 0.3 is 6.18 Å². The average molecular weight is 620 g/mol. The number of hydrogen-bond acceptors (Lipinski definition) is 7. The number of aromatic amines is 1. The fourth-order valence-corrected chi connectivity index (χ4v) is 5.66. The molecule has 3 heterocycles. The van der Waals surface area contributed by atoms with E-state index in [1.54, 1.807) is 31.4 Å². The Hall–Kier alpha value is -4.39. The molecule has 0 bridgehead atoms. The van der Waals surface area contributed by atoms with E-state index in [4.69, 9.17) is 18.9 Å². The van der Waals surface area contributed by atoms with Crippen LogP contribution >= 0.6 is 0 Å². The summed E-state index contributed by atoms with van der Waals surface area (Å²) in [7, 11) is 4.17. The van der Waals surface area contributed by atoms with E-state index < -0.39 is 52.5 Å². The van der Waals surface area contributed by atoms with E-state index in [-0.39, 0.29) is 22.3 Å². The molecule has 13 heteroatoms. The summed E-state index contributed by atoms with van der Waals surface area (Å²) in [6.07, 6.45) is -6.22. The van der Waals surface area contributed by atoms with Gasteiger partial charge in [0, 0.05) is 47.3 Å². The van der Waals surface area contributed by atoms with Gasteiger partial charge in [-0.3, -0.25) is 4.79 Å². The van der Waals surface area contributed by atoms with Crippen molar-refractivity contribution in [3.63, 3.8) is 0 Å². The Kier molecular flexibility index (Phi) is 8.19. The number of H-pyrrole nitrogens is 1. The highest BCUT2D eigenvalue weighted by atomic mass is 19.4. The van der Waals surface area contributed by atoms with Crippen LogP contribution in [0.1, 0.15) is 42.7 Å². The Morgan fingerprint density at radius 2 is 1.77 bits per heavy atom. The van der Waals surface area contributed by atoms with E-state index in [2.05, 4.69) is 15.3 Å². The molecule has 0 aliphatic carbocycles. The van der Waals surface area contributed by atoms with Crippen LogP contribution in [0.2, 0.25) is 0 Å². The number of anilines is 1. The van der Waals surface area contributed by atoms with Gasteiger partial charge in [0.05, 0.1) is 26.8 Å². The molecule has 0 radical (unpaired) electrons. The van der Waals surface area contributed by atoms with Crippen molar-refractivity contribution in [3.05, 3.63) is 87.2 Å². The fourth-order valence-electron chi connectivity index (χ4n) is 5.66. The van der Waals surface area contributed by atoms with Crippen molar-refractivity contribution in [1.29, 1.82) is 0 Å². The number of fused-ring (bicyclic) bond motifs is 1. The number of aromatic nitrogens is 2.